The van der Waals surface area contributed by atoms with Crippen LogP contribution in [0.1, 0.15) is 35.4 Å². The van der Waals surface area contributed by atoms with Crippen LogP contribution in [-0.4, -0.2) is 12.0 Å². The summed E-state index contributed by atoms with van der Waals surface area (Å²) in [6.45, 7) is 0. The van der Waals surface area contributed by atoms with Gasteiger partial charge in [-0.2, -0.15) is 0 Å². The number of hydrogen-bond acceptors (Lipinski definition) is 1. The number of fused-ring (bicyclic) bond motifs is 1. The Hall–Kier alpha value is -2.36. The van der Waals surface area contributed by atoms with Gasteiger partial charge in [0.25, 0.3) is 0 Å². The van der Waals surface area contributed by atoms with Gasteiger partial charge in [0.2, 0.25) is 0 Å². The van der Waals surface area contributed by atoms with Crippen molar-refractivity contribution in [1.82, 2.24) is 0 Å². The second kappa shape index (κ2) is 5.69. The van der Waals surface area contributed by atoms with Crippen molar-refractivity contribution in [2.45, 2.75) is 37.6 Å². The van der Waals surface area contributed by atoms with Crippen molar-refractivity contribution in [3.63, 3.8) is 0 Å². The highest BCUT2D eigenvalue weighted by atomic mass is 19.1. The molecule has 118 valence electrons. The van der Waals surface area contributed by atoms with E-state index in [0.717, 1.165) is 24.1 Å². The molecule has 2 aromatic rings. The Balaban J connectivity index is 1.42. The van der Waals surface area contributed by atoms with Crippen molar-refractivity contribution in [2.75, 3.05) is 5.32 Å². The Labute approximate surface area is 135 Å². The van der Waals surface area contributed by atoms with Crippen LogP contribution >= 0.6 is 0 Å². The average Bonchev–Trinajstić information content (AvgIpc) is 3.13. The molecule has 0 aliphatic heterocycles. The standard InChI is InChI=1S/C19H20FN3/c20-15-6-2-5-14(9-15)17-11-18(17)23-19(21)22-16-8-7-12-3-1-4-13(12)10-16/h2,5-10,17-18H,1,3-4,11H2,(H3,21,22,23)/t17-,18+/m0/s1. The number of rotatable bonds is 3. The number of aliphatic imine (C=N–C) groups is 1. The Morgan fingerprint density at radius 1 is 1.13 bits per heavy atom. The minimum absolute atomic E-state index is 0.152. The van der Waals surface area contributed by atoms with Gasteiger partial charge in [-0.15, -0.1) is 0 Å². The lowest BCUT2D eigenvalue weighted by atomic mass is 10.1. The molecular formula is C19H20FN3. The third-order valence-electron chi connectivity index (χ3n) is 4.71. The molecule has 0 aromatic heterocycles. The number of nitrogens with zero attached hydrogens (tertiary/aromatic N) is 1. The molecule has 2 aliphatic rings. The van der Waals surface area contributed by atoms with Gasteiger partial charge in [0.05, 0.1) is 6.04 Å². The number of halogens is 1. The molecule has 0 saturated heterocycles. The molecule has 1 saturated carbocycles. The zero-order chi connectivity index (χ0) is 15.8. The van der Waals surface area contributed by atoms with Gasteiger partial charge >= 0.3 is 0 Å². The maximum atomic E-state index is 13.3. The quantitative estimate of drug-likeness (QED) is 0.672. The lowest BCUT2D eigenvalue weighted by Crippen LogP contribution is -2.23. The molecule has 2 aromatic carbocycles. The third kappa shape index (κ3) is 3.07. The predicted octanol–water partition coefficient (Wildman–Crippen LogP) is 3.60. The molecule has 23 heavy (non-hydrogen) atoms. The molecule has 4 rings (SSSR count). The zero-order valence-corrected chi connectivity index (χ0v) is 12.9. The SMILES string of the molecule is NC(=N[C@@H]1C[C@H]1c1cccc(F)c1)Nc1ccc2c(c1)CCC2. The maximum absolute atomic E-state index is 13.3. The molecule has 3 N–H and O–H groups in total. The lowest BCUT2D eigenvalue weighted by Gasteiger charge is -2.08. The van der Waals surface area contributed by atoms with Gasteiger partial charge in [-0.05, 0) is 66.6 Å². The smallest absolute Gasteiger partial charge is 0.193 e. The maximum Gasteiger partial charge on any atom is 0.193 e. The summed E-state index contributed by atoms with van der Waals surface area (Å²) in [7, 11) is 0. The van der Waals surface area contributed by atoms with Crippen molar-refractivity contribution >= 4 is 11.6 Å². The van der Waals surface area contributed by atoms with Crippen LogP contribution in [0.15, 0.2) is 47.5 Å². The molecule has 2 atom stereocenters. The van der Waals surface area contributed by atoms with E-state index in [9.17, 15) is 4.39 Å². The highest BCUT2D eigenvalue weighted by Gasteiger charge is 2.38. The van der Waals surface area contributed by atoms with Crippen molar-refractivity contribution < 1.29 is 4.39 Å². The first-order chi connectivity index (χ1) is 11.2. The molecular weight excluding hydrogens is 289 g/mol. The van der Waals surface area contributed by atoms with E-state index in [1.165, 1.54) is 30.0 Å². The number of anilines is 1. The molecule has 0 radical (unpaired) electrons. The Morgan fingerprint density at radius 2 is 2.00 bits per heavy atom. The second-order valence-corrected chi connectivity index (χ2v) is 6.44. The first kappa shape index (κ1) is 14.2. The van der Waals surface area contributed by atoms with Gasteiger partial charge in [0.15, 0.2) is 5.96 Å². The Kier molecular flexibility index (Phi) is 3.52. The second-order valence-electron chi connectivity index (χ2n) is 6.44. The fraction of sp³-hybridized carbons (Fsp3) is 0.316. The first-order valence-electron chi connectivity index (χ1n) is 8.16. The summed E-state index contributed by atoms with van der Waals surface area (Å²) in [6, 6.07) is 13.3. The summed E-state index contributed by atoms with van der Waals surface area (Å²) >= 11 is 0. The topological polar surface area (TPSA) is 50.4 Å². The van der Waals surface area contributed by atoms with Gasteiger partial charge in [0.1, 0.15) is 5.82 Å². The molecule has 1 fully saturated rings. The van der Waals surface area contributed by atoms with Crippen LogP contribution in [-0.2, 0) is 12.8 Å². The largest absolute Gasteiger partial charge is 0.370 e. The predicted molar refractivity (Wildman–Crippen MR) is 91.3 cm³/mol. The molecule has 3 nitrogen and oxygen atoms in total. The van der Waals surface area contributed by atoms with Crippen LogP contribution in [0.3, 0.4) is 0 Å². The van der Waals surface area contributed by atoms with Crippen molar-refractivity contribution in [3.05, 3.63) is 65.0 Å². The number of nitrogens with one attached hydrogen (secondary N) is 1. The monoisotopic (exact) mass is 309 g/mol. The molecule has 0 heterocycles. The van der Waals surface area contributed by atoms with E-state index in [4.69, 9.17) is 5.73 Å². The molecule has 2 aliphatic carbocycles. The number of nitrogens with two attached hydrogens (primary N) is 1. The van der Waals surface area contributed by atoms with E-state index >= 15 is 0 Å². The average molecular weight is 309 g/mol. The fourth-order valence-electron chi connectivity index (χ4n) is 3.43. The van der Waals surface area contributed by atoms with E-state index in [2.05, 4.69) is 28.5 Å². The summed E-state index contributed by atoms with van der Waals surface area (Å²) in [6.07, 6.45) is 4.48. The van der Waals surface area contributed by atoms with Gasteiger partial charge in [-0.1, -0.05) is 18.2 Å². The van der Waals surface area contributed by atoms with Gasteiger partial charge in [-0.25, -0.2) is 9.38 Å². The lowest BCUT2D eigenvalue weighted by molar-refractivity contribution is 0.625. The minimum atomic E-state index is -0.193. The molecule has 0 amide bonds. The summed E-state index contributed by atoms with van der Waals surface area (Å²) in [5, 5.41) is 3.18. The Bertz CT molecular complexity index is 769. The van der Waals surface area contributed by atoms with Crippen molar-refractivity contribution in [3.8, 4) is 0 Å². The molecule has 0 spiro atoms. The van der Waals surface area contributed by atoms with E-state index in [1.54, 1.807) is 12.1 Å². The van der Waals surface area contributed by atoms with Crippen LogP contribution in [0.25, 0.3) is 0 Å². The minimum Gasteiger partial charge on any atom is -0.370 e. The zero-order valence-electron chi connectivity index (χ0n) is 12.9. The molecule has 0 bridgehead atoms. The van der Waals surface area contributed by atoms with Gasteiger partial charge in [0, 0.05) is 11.6 Å². The summed E-state index contributed by atoms with van der Waals surface area (Å²) < 4.78 is 13.3. The van der Waals surface area contributed by atoms with Crippen LogP contribution in [0, 0.1) is 5.82 Å². The highest BCUT2D eigenvalue weighted by Crippen LogP contribution is 2.43. The normalized spacial score (nSPS) is 22.7. The summed E-state index contributed by atoms with van der Waals surface area (Å²) in [5.41, 5.74) is 10.9. The summed E-state index contributed by atoms with van der Waals surface area (Å²) in [5.74, 6) is 0.527. The van der Waals surface area contributed by atoms with E-state index in [-0.39, 0.29) is 17.8 Å². The fourth-order valence-corrected chi connectivity index (χ4v) is 3.43. The van der Waals surface area contributed by atoms with Crippen molar-refractivity contribution in [1.29, 1.82) is 0 Å². The van der Waals surface area contributed by atoms with Crippen LogP contribution in [0.2, 0.25) is 0 Å². The van der Waals surface area contributed by atoms with Gasteiger partial charge < -0.3 is 11.1 Å². The third-order valence-corrected chi connectivity index (χ3v) is 4.71. The van der Waals surface area contributed by atoms with Crippen LogP contribution in [0.4, 0.5) is 10.1 Å². The number of aryl methyl sites for hydroxylation is 2. The number of hydrogen-bond donors (Lipinski definition) is 2. The number of guanidine groups is 1. The summed E-state index contributed by atoms with van der Waals surface area (Å²) in [4.78, 5) is 4.53. The van der Waals surface area contributed by atoms with E-state index in [1.807, 2.05) is 6.07 Å². The Morgan fingerprint density at radius 3 is 2.87 bits per heavy atom. The van der Waals surface area contributed by atoms with Gasteiger partial charge in [-0.3, -0.25) is 0 Å². The molecule has 0 unspecified atom stereocenters. The van der Waals surface area contributed by atoms with Crippen LogP contribution < -0.4 is 11.1 Å². The highest BCUT2D eigenvalue weighted by molar-refractivity contribution is 5.92. The number of benzene rings is 2. The van der Waals surface area contributed by atoms with Crippen LogP contribution in [0.5, 0.6) is 0 Å². The molecule has 4 heteroatoms. The van der Waals surface area contributed by atoms with E-state index < -0.39 is 0 Å². The van der Waals surface area contributed by atoms with E-state index in [0.29, 0.717) is 5.96 Å². The van der Waals surface area contributed by atoms with Crippen molar-refractivity contribution in [2.24, 2.45) is 10.7 Å². The first-order valence-corrected chi connectivity index (χ1v) is 8.16.